The van der Waals surface area contributed by atoms with E-state index in [4.69, 9.17) is 9.57 Å². The Balaban J connectivity index is 1.60. The van der Waals surface area contributed by atoms with Crippen LogP contribution in [0.3, 0.4) is 0 Å². The smallest absolute Gasteiger partial charge is 0.422 e. The fourth-order valence-corrected chi connectivity index (χ4v) is 4.08. The Morgan fingerprint density at radius 2 is 1.70 bits per heavy atom. The Labute approximate surface area is 191 Å². The van der Waals surface area contributed by atoms with Crippen molar-refractivity contribution in [3.8, 4) is 5.75 Å². The molecule has 33 heavy (non-hydrogen) atoms. The quantitative estimate of drug-likeness (QED) is 0.293. The summed E-state index contributed by atoms with van der Waals surface area (Å²) in [6.07, 6.45) is -3.71. The van der Waals surface area contributed by atoms with Crippen molar-refractivity contribution in [2.75, 3.05) is 51.3 Å². The van der Waals surface area contributed by atoms with E-state index in [1.807, 2.05) is 17.9 Å². The molecule has 1 unspecified atom stereocenters. The average Bonchev–Trinajstić information content (AvgIpc) is 2.79. The molecule has 0 N–H and O–H groups in total. The summed E-state index contributed by atoms with van der Waals surface area (Å²) >= 11 is 0. The first-order chi connectivity index (χ1) is 15.8. The molecule has 0 aliphatic carbocycles. The molecule has 9 heteroatoms. The number of benzene rings is 2. The molecule has 1 saturated heterocycles. The van der Waals surface area contributed by atoms with E-state index in [1.165, 1.54) is 13.2 Å². The van der Waals surface area contributed by atoms with Crippen LogP contribution >= 0.6 is 0 Å². The van der Waals surface area contributed by atoms with Gasteiger partial charge in [0.2, 0.25) is 0 Å². The van der Waals surface area contributed by atoms with Crippen LogP contribution in [0.1, 0.15) is 24.8 Å². The highest BCUT2D eigenvalue weighted by atomic mass is 19.4. The van der Waals surface area contributed by atoms with Gasteiger partial charge in [-0.05, 0) is 43.7 Å². The molecule has 0 spiro atoms. The molecule has 1 aliphatic heterocycles. The number of oxime groups is 1. The number of hydrogen-bond acceptors (Lipinski definition) is 5. The van der Waals surface area contributed by atoms with Gasteiger partial charge in [-0.1, -0.05) is 35.5 Å². The molecule has 1 fully saturated rings. The van der Waals surface area contributed by atoms with Gasteiger partial charge >= 0.3 is 6.18 Å². The summed E-state index contributed by atoms with van der Waals surface area (Å²) in [6.45, 7) is 4.02. The number of ether oxygens (including phenoxy) is 1. The topological polar surface area (TPSA) is 37.3 Å². The summed E-state index contributed by atoms with van der Waals surface area (Å²) < 4.78 is 57.2. The van der Waals surface area contributed by atoms with Crippen LogP contribution < -0.4 is 9.64 Å². The van der Waals surface area contributed by atoms with Crippen LogP contribution in [0.5, 0.6) is 5.75 Å². The summed E-state index contributed by atoms with van der Waals surface area (Å²) in [5.41, 5.74) is 1.95. The molecule has 1 heterocycles. The van der Waals surface area contributed by atoms with E-state index in [1.54, 1.807) is 36.4 Å². The lowest BCUT2D eigenvalue weighted by atomic mass is 9.91. The lowest BCUT2D eigenvalue weighted by Gasteiger charge is -2.37. The maximum absolute atomic E-state index is 14.4. The van der Waals surface area contributed by atoms with Gasteiger partial charge in [0, 0.05) is 32.1 Å². The molecule has 0 radical (unpaired) electrons. The van der Waals surface area contributed by atoms with E-state index in [0.717, 1.165) is 19.6 Å². The van der Waals surface area contributed by atoms with Gasteiger partial charge in [0.15, 0.2) is 6.61 Å². The maximum atomic E-state index is 14.4. The van der Waals surface area contributed by atoms with Gasteiger partial charge in [0.25, 0.3) is 0 Å². The van der Waals surface area contributed by atoms with Crippen LogP contribution in [0.15, 0.2) is 53.7 Å². The Bertz CT molecular complexity index is 928. The van der Waals surface area contributed by atoms with Crippen LogP contribution in [0.2, 0.25) is 0 Å². The zero-order valence-corrected chi connectivity index (χ0v) is 18.8. The minimum absolute atomic E-state index is 0.208. The number of nitrogens with zero attached hydrogens (tertiary/aromatic N) is 3. The molecule has 0 aromatic heterocycles. The van der Waals surface area contributed by atoms with Gasteiger partial charge < -0.3 is 14.5 Å². The van der Waals surface area contributed by atoms with Gasteiger partial charge in [-0.3, -0.25) is 4.90 Å². The highest BCUT2D eigenvalue weighted by Gasteiger charge is 2.29. The van der Waals surface area contributed by atoms with Crippen molar-refractivity contribution in [1.82, 2.24) is 4.90 Å². The molecule has 5 nitrogen and oxygen atoms in total. The van der Waals surface area contributed by atoms with Crippen molar-refractivity contribution in [3.05, 3.63) is 59.9 Å². The van der Waals surface area contributed by atoms with Gasteiger partial charge in [-0.25, -0.2) is 4.39 Å². The number of rotatable bonds is 9. The van der Waals surface area contributed by atoms with E-state index in [2.05, 4.69) is 10.1 Å². The average molecular weight is 468 g/mol. The van der Waals surface area contributed by atoms with Crippen molar-refractivity contribution in [3.63, 3.8) is 0 Å². The minimum Gasteiger partial charge on any atom is -0.482 e. The predicted octanol–water partition coefficient (Wildman–Crippen LogP) is 5.09. The van der Waals surface area contributed by atoms with Crippen molar-refractivity contribution in [2.24, 2.45) is 5.16 Å². The third-order valence-corrected chi connectivity index (χ3v) is 5.72. The summed E-state index contributed by atoms with van der Waals surface area (Å²) in [6, 6.07) is 13.5. The SMILES string of the molecule is CO/N=C(\C)C(CCN1CCN(c2ccccc2OCC(F)(F)F)CC1)c1ccccc1F. The fraction of sp³-hybridized carbons (Fsp3) is 0.458. The second kappa shape index (κ2) is 11.4. The molecule has 0 amide bonds. The highest BCUT2D eigenvalue weighted by Crippen LogP contribution is 2.31. The summed E-state index contributed by atoms with van der Waals surface area (Å²) in [7, 11) is 1.47. The van der Waals surface area contributed by atoms with Crippen molar-refractivity contribution >= 4 is 11.4 Å². The van der Waals surface area contributed by atoms with E-state index < -0.39 is 12.8 Å². The Hall–Kier alpha value is -2.81. The summed E-state index contributed by atoms with van der Waals surface area (Å²) in [5, 5.41) is 4.03. The first-order valence-electron chi connectivity index (χ1n) is 10.9. The standard InChI is InChI=1S/C24H29F4N3O2/c1-18(29-32-2)19(20-7-3-4-8-21(20)25)11-12-30-13-15-31(16-14-30)22-9-5-6-10-23(22)33-17-24(26,27)28/h3-10,19H,11-17H2,1-2H3/b29-18+. The van der Waals surface area contributed by atoms with E-state index in [0.29, 0.717) is 36.5 Å². The third kappa shape index (κ3) is 7.08. The highest BCUT2D eigenvalue weighted by molar-refractivity contribution is 5.88. The molecular formula is C24H29F4N3O2. The molecule has 180 valence electrons. The number of piperazine rings is 1. The molecule has 2 aromatic carbocycles. The van der Waals surface area contributed by atoms with Gasteiger partial charge in [-0.2, -0.15) is 13.2 Å². The molecule has 0 bridgehead atoms. The lowest BCUT2D eigenvalue weighted by molar-refractivity contribution is -0.153. The van der Waals surface area contributed by atoms with Crippen molar-refractivity contribution in [1.29, 1.82) is 0 Å². The van der Waals surface area contributed by atoms with Gasteiger partial charge in [0.05, 0.1) is 11.4 Å². The fourth-order valence-electron chi connectivity index (χ4n) is 4.08. The Kier molecular flexibility index (Phi) is 8.55. The molecule has 1 atom stereocenters. The van der Waals surface area contributed by atoms with E-state index >= 15 is 0 Å². The number of anilines is 1. The summed E-state index contributed by atoms with van der Waals surface area (Å²) in [4.78, 5) is 9.22. The molecule has 2 aromatic rings. The van der Waals surface area contributed by atoms with Crippen molar-refractivity contribution in [2.45, 2.75) is 25.4 Å². The first kappa shape index (κ1) is 24.8. The zero-order chi connectivity index (χ0) is 23.8. The number of hydrogen-bond donors (Lipinski definition) is 0. The van der Waals surface area contributed by atoms with Gasteiger partial charge in [-0.15, -0.1) is 0 Å². The monoisotopic (exact) mass is 467 g/mol. The van der Waals surface area contributed by atoms with Crippen LogP contribution in [0.25, 0.3) is 0 Å². The third-order valence-electron chi connectivity index (χ3n) is 5.72. The lowest BCUT2D eigenvalue weighted by Crippen LogP contribution is -2.47. The second-order valence-corrected chi connectivity index (χ2v) is 7.98. The second-order valence-electron chi connectivity index (χ2n) is 7.98. The Morgan fingerprint density at radius 3 is 2.36 bits per heavy atom. The number of alkyl halides is 3. The normalized spacial score (nSPS) is 16.5. The number of para-hydroxylation sites is 2. The molecular weight excluding hydrogens is 438 g/mol. The summed E-state index contributed by atoms with van der Waals surface area (Å²) in [5.74, 6) is -0.247. The molecule has 1 aliphatic rings. The minimum atomic E-state index is -4.38. The van der Waals surface area contributed by atoms with Crippen LogP contribution in [-0.2, 0) is 4.84 Å². The largest absolute Gasteiger partial charge is 0.482 e. The van der Waals surface area contributed by atoms with E-state index in [-0.39, 0.29) is 17.5 Å². The predicted molar refractivity (Wildman–Crippen MR) is 121 cm³/mol. The van der Waals surface area contributed by atoms with Crippen LogP contribution in [-0.4, -0.2) is 63.2 Å². The van der Waals surface area contributed by atoms with Crippen LogP contribution in [0, 0.1) is 5.82 Å². The molecule has 3 rings (SSSR count). The zero-order valence-electron chi connectivity index (χ0n) is 18.8. The maximum Gasteiger partial charge on any atom is 0.422 e. The number of halogens is 4. The van der Waals surface area contributed by atoms with E-state index in [9.17, 15) is 17.6 Å². The van der Waals surface area contributed by atoms with Gasteiger partial charge in [0.1, 0.15) is 18.7 Å². The van der Waals surface area contributed by atoms with Crippen LogP contribution in [0.4, 0.5) is 23.2 Å². The van der Waals surface area contributed by atoms with Crippen molar-refractivity contribution < 1.29 is 27.1 Å². The first-order valence-corrected chi connectivity index (χ1v) is 10.9. The Morgan fingerprint density at radius 1 is 1.03 bits per heavy atom. The molecule has 0 saturated carbocycles.